The number of rotatable bonds is 6. The zero-order chi connectivity index (χ0) is 73.2. The summed E-state index contributed by atoms with van der Waals surface area (Å²) in [7, 11) is 0. The minimum Gasteiger partial charge on any atom is -0.135 e. The smallest absolute Gasteiger partial charge is 0.0629 e. The molecule has 0 aliphatic carbocycles. The van der Waals surface area contributed by atoms with Crippen LogP contribution < -0.4 is 0 Å². The predicted molar refractivity (Wildman–Crippen MR) is 394 cm³/mol. The first-order valence-electron chi connectivity index (χ1n) is 37.6. The molecule has 0 N–H and O–H groups in total. The lowest BCUT2D eigenvalue weighted by Gasteiger charge is -2.19. The van der Waals surface area contributed by atoms with Crippen LogP contribution >= 0.6 is 22.7 Å². The van der Waals surface area contributed by atoms with Crippen molar-refractivity contribution in [2.24, 2.45) is 0 Å². The van der Waals surface area contributed by atoms with Crippen molar-refractivity contribution in [1.29, 1.82) is 0 Å². The van der Waals surface area contributed by atoms with E-state index in [1.54, 1.807) is 22.7 Å². The highest BCUT2D eigenvalue weighted by molar-refractivity contribution is 7.26. The van der Waals surface area contributed by atoms with Crippen LogP contribution in [0.15, 0.2) is 327 Å². The minimum atomic E-state index is -0.415. The van der Waals surface area contributed by atoms with Gasteiger partial charge < -0.3 is 0 Å². The molecule has 0 unspecified atom stereocenters. The Hall–Kier alpha value is -11.0. The van der Waals surface area contributed by atoms with Gasteiger partial charge in [0.1, 0.15) is 0 Å². The van der Waals surface area contributed by atoms with Gasteiger partial charge in [0, 0.05) is 40.3 Å². The van der Waals surface area contributed by atoms with Crippen molar-refractivity contribution < 1.29 is 21.9 Å². The second-order valence-electron chi connectivity index (χ2n) is 22.5. The molecular formula is C88H54S2. The maximum Gasteiger partial charge on any atom is 0.0629 e. The molecule has 90 heavy (non-hydrogen) atoms. The van der Waals surface area contributed by atoms with Crippen LogP contribution in [0, 0.1) is 0 Å². The maximum atomic E-state index is 9.43. The summed E-state index contributed by atoms with van der Waals surface area (Å²) in [5, 5.41) is 11.8. The quantitative estimate of drug-likeness (QED) is 0.115. The van der Waals surface area contributed by atoms with E-state index in [0.29, 0.717) is 44.5 Å². The average Bonchev–Trinajstić information content (AvgIpc) is 0.940. The molecule has 418 valence electrons. The first-order chi connectivity index (χ1) is 51.3. The van der Waals surface area contributed by atoms with Crippen LogP contribution in [-0.2, 0) is 0 Å². The van der Waals surface area contributed by atoms with Gasteiger partial charge in [-0.15, -0.1) is 22.7 Å². The number of fused-ring (bicyclic) bond motifs is 14. The van der Waals surface area contributed by atoms with E-state index in [1.807, 2.05) is 182 Å². The Morgan fingerprint density at radius 3 is 1.13 bits per heavy atom. The van der Waals surface area contributed by atoms with Crippen molar-refractivity contribution in [3.05, 3.63) is 327 Å². The normalized spacial score (nSPS) is 14.3. The van der Waals surface area contributed by atoms with Gasteiger partial charge in [-0.2, -0.15) is 0 Å². The molecule has 19 aromatic rings. The van der Waals surface area contributed by atoms with Gasteiger partial charge in [-0.1, -0.05) is 297 Å². The van der Waals surface area contributed by atoms with Crippen molar-refractivity contribution in [3.63, 3.8) is 0 Å². The highest BCUT2D eigenvalue weighted by atomic mass is 32.1. The van der Waals surface area contributed by atoms with Crippen molar-refractivity contribution >= 4 is 138 Å². The van der Waals surface area contributed by atoms with E-state index in [0.717, 1.165) is 69.4 Å². The van der Waals surface area contributed by atoms with Crippen LogP contribution in [0.4, 0.5) is 0 Å². The van der Waals surface area contributed by atoms with Gasteiger partial charge >= 0.3 is 0 Å². The van der Waals surface area contributed by atoms with Crippen molar-refractivity contribution in [3.8, 4) is 66.8 Å². The largest absolute Gasteiger partial charge is 0.135 e. The summed E-state index contributed by atoms with van der Waals surface area (Å²) in [4.78, 5) is 0. The molecule has 0 fully saturated rings. The van der Waals surface area contributed by atoms with Gasteiger partial charge in [-0.3, -0.25) is 0 Å². The fraction of sp³-hybridized carbons (Fsp3) is 0. The first kappa shape index (κ1) is 38.3. The number of hydrogen-bond donors (Lipinski definition) is 0. The minimum absolute atomic E-state index is 0.204. The molecule has 0 bridgehead atoms. The lowest BCUT2D eigenvalue weighted by molar-refractivity contribution is 1.64. The van der Waals surface area contributed by atoms with E-state index in [9.17, 15) is 11.0 Å². The molecule has 0 amide bonds. The van der Waals surface area contributed by atoms with Crippen LogP contribution in [-0.4, -0.2) is 0 Å². The fourth-order valence-corrected chi connectivity index (χ4v) is 16.1. The summed E-state index contributed by atoms with van der Waals surface area (Å²) < 4.78 is 150. The van der Waals surface area contributed by atoms with Crippen molar-refractivity contribution in [1.82, 2.24) is 0 Å². The van der Waals surface area contributed by atoms with E-state index in [-0.39, 0.29) is 91.4 Å². The molecule has 17 aromatic carbocycles. The van der Waals surface area contributed by atoms with E-state index in [1.165, 1.54) is 25.6 Å². The Balaban J connectivity index is 0.000000151. The standard InChI is InChI=1S/C46H28S.C42H26S/c1-2-13-32-31(12-1)28-42(35-15-4-3-14-34(32)35)45-39-19-7-5-17-37(39)44(38-18-6-8-20-40(38)45)30-26-24-29(25-27-30)33-21-11-22-41-36-16-9-10-23-43(36)47-46(33)41;1-2-12-28-25-31(24-23-27(28)11-1)41-36-18-5-3-16-34(36)40(35-17-4-6-19-37(35)41)30-14-9-13-29(26-30)32-20-10-21-38-33-15-7-8-22-39(33)43-42(32)38/h1-28H;1-26H/i5D,6D,7D,8D,17D,18D,19D,20D;3D,4D,5D,6D,16D,17D,18D,19D. The summed E-state index contributed by atoms with van der Waals surface area (Å²) in [5.74, 6) is 0. The number of benzene rings is 17. The molecular weight excluding hydrogens is 1120 g/mol. The topological polar surface area (TPSA) is 0 Å². The van der Waals surface area contributed by atoms with Gasteiger partial charge in [0.25, 0.3) is 0 Å². The van der Waals surface area contributed by atoms with Gasteiger partial charge in [-0.25, -0.2) is 0 Å². The highest BCUT2D eigenvalue weighted by Gasteiger charge is 2.22. The Morgan fingerprint density at radius 1 is 0.200 bits per heavy atom. The fourth-order valence-electron chi connectivity index (χ4n) is 13.6. The van der Waals surface area contributed by atoms with E-state index in [4.69, 9.17) is 11.0 Å². The summed E-state index contributed by atoms with van der Waals surface area (Å²) >= 11 is 3.44. The van der Waals surface area contributed by atoms with Crippen LogP contribution in [0.5, 0.6) is 0 Å². The monoisotopic (exact) mass is 1190 g/mol. The lowest BCUT2D eigenvalue weighted by atomic mass is 9.83. The Labute approximate surface area is 551 Å². The van der Waals surface area contributed by atoms with Crippen LogP contribution in [0.2, 0.25) is 0 Å². The Kier molecular flexibility index (Phi) is 9.11. The third kappa shape index (κ3) is 8.48. The van der Waals surface area contributed by atoms with E-state index in [2.05, 4.69) is 48.5 Å². The summed E-state index contributed by atoms with van der Waals surface area (Å²) in [6, 6.07) is 70.2. The van der Waals surface area contributed by atoms with E-state index >= 15 is 0 Å². The molecule has 0 saturated heterocycles. The van der Waals surface area contributed by atoms with Gasteiger partial charge in [-0.05, 0) is 173 Å². The van der Waals surface area contributed by atoms with Crippen LogP contribution in [0.3, 0.4) is 0 Å². The second-order valence-corrected chi connectivity index (χ2v) is 24.6. The van der Waals surface area contributed by atoms with Crippen molar-refractivity contribution in [2.75, 3.05) is 0 Å². The number of thiophene rings is 2. The summed E-state index contributed by atoms with van der Waals surface area (Å²) in [6.45, 7) is 0. The predicted octanol–water partition coefficient (Wildman–Crippen LogP) is 26.2. The first-order valence-corrected chi connectivity index (χ1v) is 31.3. The molecule has 19 rings (SSSR count). The molecule has 2 aromatic heterocycles. The summed E-state index contributed by atoms with van der Waals surface area (Å²) in [5.41, 5.74) is 7.65. The third-order valence-corrected chi connectivity index (χ3v) is 20.0. The molecule has 0 aliphatic rings. The van der Waals surface area contributed by atoms with Gasteiger partial charge in [0.2, 0.25) is 0 Å². The van der Waals surface area contributed by atoms with Gasteiger partial charge in [0.05, 0.1) is 21.9 Å². The Bertz CT molecular complexity index is 6940. The van der Waals surface area contributed by atoms with Gasteiger partial charge in [0.15, 0.2) is 0 Å². The molecule has 0 spiro atoms. The Morgan fingerprint density at radius 2 is 0.578 bits per heavy atom. The highest BCUT2D eigenvalue weighted by Crippen LogP contribution is 2.50. The zero-order valence-electron chi connectivity index (χ0n) is 63.8. The van der Waals surface area contributed by atoms with Crippen molar-refractivity contribution in [2.45, 2.75) is 0 Å². The second kappa shape index (κ2) is 21.4. The molecule has 0 saturated carbocycles. The molecule has 2 heterocycles. The molecule has 0 radical (unpaired) electrons. The lowest BCUT2D eigenvalue weighted by Crippen LogP contribution is -1.92. The number of hydrogen-bond acceptors (Lipinski definition) is 2. The molecule has 2 heteroatoms. The summed E-state index contributed by atoms with van der Waals surface area (Å²) in [6.07, 6.45) is 0. The zero-order valence-corrected chi connectivity index (χ0v) is 49.4. The molecule has 0 nitrogen and oxygen atoms in total. The van der Waals surface area contributed by atoms with Crippen LogP contribution in [0.25, 0.3) is 183 Å². The van der Waals surface area contributed by atoms with Crippen LogP contribution in [0.1, 0.15) is 21.9 Å². The average molecular weight is 1190 g/mol. The third-order valence-electron chi connectivity index (χ3n) is 17.6. The molecule has 0 aliphatic heterocycles. The SMILES string of the molecule is [2H]c1c([2H])c([2H])c2c(-c3cc4ccccc4c4ccccc34)c3c([2H])c([2H])c([2H])c([2H])c3c(-c3ccc(-c4cccc5c4sc4ccccc45)cc3)c2c1[2H].[2H]c1c([2H])c([2H])c2c(-c3ccc4ccccc4c3)c3c([2H])c([2H])c([2H])c([2H])c3c(-c3cccc(-c4cccc5c4sc4ccccc45)c3)c2c1[2H]. The van der Waals surface area contributed by atoms with E-state index < -0.39 is 48.3 Å². The molecule has 0 atom stereocenters. The maximum absolute atomic E-state index is 9.43.